The van der Waals surface area contributed by atoms with E-state index < -0.39 is 20.8 Å². The first-order valence-electron chi connectivity index (χ1n) is 7.35. The van der Waals surface area contributed by atoms with E-state index in [0.717, 1.165) is 33.2 Å². The quantitative estimate of drug-likeness (QED) is 0.470. The average molecular weight is 437 g/mol. The predicted molar refractivity (Wildman–Crippen MR) is 100 cm³/mol. The van der Waals surface area contributed by atoms with Crippen LogP contribution in [0.5, 0.6) is 5.75 Å². The third kappa shape index (κ3) is 4.69. The number of hydrogen-bond donors (Lipinski definition) is 1. The second-order valence-electron chi connectivity index (χ2n) is 5.29. The molecule has 0 aliphatic heterocycles. The Morgan fingerprint density at radius 2 is 1.54 bits per heavy atom. The van der Waals surface area contributed by atoms with Crippen LogP contribution in [0.15, 0.2) is 59.6 Å². The Morgan fingerprint density at radius 1 is 0.917 bits per heavy atom. The Bertz CT molecular complexity index is 845. The molecule has 0 heterocycles. The van der Waals surface area contributed by atoms with Crippen molar-refractivity contribution in [3.63, 3.8) is 0 Å². The molecule has 0 aliphatic carbocycles. The molecule has 0 aliphatic rings. The van der Waals surface area contributed by atoms with Gasteiger partial charge in [0.05, 0.1) is 5.69 Å². The second-order valence-corrected chi connectivity index (χ2v) is 9.03. The number of para-hydroxylation sites is 1. The molecule has 0 saturated carbocycles. The molecule has 0 radical (unpaired) electrons. The van der Waals surface area contributed by atoms with E-state index in [1.807, 2.05) is 68.4 Å². The van der Waals surface area contributed by atoms with Crippen molar-refractivity contribution in [1.82, 2.24) is 0 Å². The number of nitrogens with zero attached hydrogens (tertiary/aromatic N) is 1. The van der Waals surface area contributed by atoms with Gasteiger partial charge < -0.3 is 5.11 Å². The number of aromatic hydroxyl groups is 1. The van der Waals surface area contributed by atoms with Gasteiger partial charge in [0.25, 0.3) is 0 Å². The molecule has 122 valence electrons. The number of aliphatic imine (C=N–C) groups is 1. The summed E-state index contributed by atoms with van der Waals surface area (Å²) in [4.78, 5) is 4.56. The Balaban J connectivity index is 0.000000647. The van der Waals surface area contributed by atoms with Crippen molar-refractivity contribution in [3.8, 4) is 5.75 Å². The van der Waals surface area contributed by atoms with Gasteiger partial charge in [-0.2, -0.15) is 0 Å². The molecular weight excluding hydrogens is 420 g/mol. The van der Waals surface area contributed by atoms with Crippen LogP contribution in [-0.4, -0.2) is 11.3 Å². The zero-order valence-corrected chi connectivity index (χ0v) is 17.4. The van der Waals surface area contributed by atoms with E-state index >= 15 is 0 Å². The average Bonchev–Trinajstić information content (AvgIpc) is 2.57. The van der Waals surface area contributed by atoms with Gasteiger partial charge in [0.1, 0.15) is 5.75 Å². The molecule has 3 aromatic carbocycles. The molecule has 0 bridgehead atoms. The van der Waals surface area contributed by atoms with Gasteiger partial charge in [-0.1, -0.05) is 48.5 Å². The summed E-state index contributed by atoms with van der Waals surface area (Å²) >= 11 is -0.826. The van der Waals surface area contributed by atoms with Gasteiger partial charge in [0.15, 0.2) is 0 Å². The fraction of sp³-hybridized carbons (Fsp3) is 0.105. The second kappa shape index (κ2) is 9.37. The molecule has 2 nitrogen and oxygen atoms in total. The van der Waals surface area contributed by atoms with Crippen LogP contribution in [0.25, 0.3) is 10.8 Å². The minimum atomic E-state index is -0.826. The molecule has 0 atom stereocenters. The molecule has 0 fully saturated rings. The van der Waals surface area contributed by atoms with E-state index in [-0.39, 0.29) is 5.75 Å². The maximum atomic E-state index is 10.4. The van der Waals surface area contributed by atoms with Gasteiger partial charge >= 0.3 is 37.9 Å². The summed E-state index contributed by atoms with van der Waals surface area (Å²) in [6.45, 7) is 4.08. The van der Waals surface area contributed by atoms with E-state index in [2.05, 4.69) is 4.99 Å². The van der Waals surface area contributed by atoms with E-state index in [0.29, 0.717) is 0 Å². The number of rotatable bonds is 2. The van der Waals surface area contributed by atoms with E-state index in [4.69, 9.17) is 17.0 Å². The zero-order chi connectivity index (χ0) is 17.5. The van der Waals surface area contributed by atoms with Crippen molar-refractivity contribution in [3.05, 3.63) is 71.3 Å². The first kappa shape index (κ1) is 19.2. The number of hydrogen-bond acceptors (Lipinski definition) is 2. The zero-order valence-electron chi connectivity index (χ0n) is 13.4. The first-order valence-corrected chi connectivity index (χ1v) is 13.7. The number of phenols is 1. The van der Waals surface area contributed by atoms with Crippen LogP contribution in [0.2, 0.25) is 0 Å². The van der Waals surface area contributed by atoms with Gasteiger partial charge in [-0.05, 0) is 36.4 Å². The molecule has 0 saturated heterocycles. The van der Waals surface area contributed by atoms with Crippen molar-refractivity contribution in [2.24, 2.45) is 4.99 Å². The standard InChI is InChI=1S/C19H17NO.2ClH.Zr/c1-13-6-5-7-14(2)18(13)20-12-16-11-10-15-8-3-4-9-17(15)19(16)21;;;/h3-12,21H,1-2H3;2*1H;/q;;;+2/p-2. The van der Waals surface area contributed by atoms with E-state index in [1.54, 1.807) is 6.21 Å². The van der Waals surface area contributed by atoms with E-state index in [9.17, 15) is 5.11 Å². The number of phenolic OH excluding ortho intramolecular Hbond substituents is 1. The Hall–Kier alpha value is -1.15. The summed E-state index contributed by atoms with van der Waals surface area (Å²) < 4.78 is 0. The van der Waals surface area contributed by atoms with Crippen LogP contribution in [0.4, 0.5) is 5.69 Å². The van der Waals surface area contributed by atoms with Crippen molar-refractivity contribution >= 4 is 39.7 Å². The van der Waals surface area contributed by atoms with Crippen molar-refractivity contribution in [2.75, 3.05) is 0 Å². The third-order valence-electron chi connectivity index (χ3n) is 3.70. The monoisotopic (exact) mass is 435 g/mol. The predicted octanol–water partition coefficient (Wildman–Crippen LogP) is 6.29. The normalized spacial score (nSPS) is 10.5. The molecule has 24 heavy (non-hydrogen) atoms. The van der Waals surface area contributed by atoms with Crippen molar-refractivity contribution in [1.29, 1.82) is 0 Å². The number of halogens is 2. The molecule has 1 N–H and O–H groups in total. The molecule has 3 aromatic rings. The fourth-order valence-electron chi connectivity index (χ4n) is 2.52. The molecule has 0 spiro atoms. The summed E-state index contributed by atoms with van der Waals surface area (Å²) in [5.41, 5.74) is 3.96. The van der Waals surface area contributed by atoms with Crippen molar-refractivity contribution in [2.45, 2.75) is 13.8 Å². The maximum absolute atomic E-state index is 10.4. The van der Waals surface area contributed by atoms with Crippen LogP contribution >= 0.6 is 17.0 Å². The van der Waals surface area contributed by atoms with Crippen LogP contribution in [0.1, 0.15) is 16.7 Å². The first-order chi connectivity index (χ1) is 11.6. The Morgan fingerprint density at radius 3 is 2.21 bits per heavy atom. The fourth-order valence-corrected chi connectivity index (χ4v) is 2.52. The Kier molecular flexibility index (Phi) is 7.49. The summed E-state index contributed by atoms with van der Waals surface area (Å²) in [7, 11) is 9.87. The third-order valence-corrected chi connectivity index (χ3v) is 3.70. The minimum absolute atomic E-state index is 0.281. The van der Waals surface area contributed by atoms with Gasteiger partial charge in [-0.25, -0.2) is 0 Å². The summed E-state index contributed by atoms with van der Waals surface area (Å²) in [5.74, 6) is 0.281. The molecule has 3 rings (SSSR count). The summed E-state index contributed by atoms with van der Waals surface area (Å²) in [5, 5.41) is 12.3. The van der Waals surface area contributed by atoms with Gasteiger partial charge in [-0.3, -0.25) is 4.99 Å². The van der Waals surface area contributed by atoms with Crippen LogP contribution in [-0.2, 0) is 20.8 Å². The topological polar surface area (TPSA) is 32.6 Å². The summed E-state index contributed by atoms with van der Waals surface area (Å²) in [6, 6.07) is 17.8. The van der Waals surface area contributed by atoms with Crippen LogP contribution < -0.4 is 0 Å². The molecular formula is C19H17Cl2NOZr. The molecule has 5 heteroatoms. The number of benzene rings is 3. The van der Waals surface area contributed by atoms with Gasteiger partial charge in [0.2, 0.25) is 0 Å². The van der Waals surface area contributed by atoms with Crippen LogP contribution in [0.3, 0.4) is 0 Å². The molecule has 0 unspecified atom stereocenters. The number of aryl methyl sites for hydroxylation is 2. The molecule has 0 amide bonds. The van der Waals surface area contributed by atoms with Crippen LogP contribution in [0, 0.1) is 13.8 Å². The molecule has 0 aromatic heterocycles. The van der Waals surface area contributed by atoms with Gasteiger partial charge in [-0.15, -0.1) is 0 Å². The summed E-state index contributed by atoms with van der Waals surface area (Å²) in [6.07, 6.45) is 1.73. The van der Waals surface area contributed by atoms with E-state index in [1.165, 1.54) is 0 Å². The van der Waals surface area contributed by atoms with Crippen molar-refractivity contribution < 1.29 is 26.0 Å². The van der Waals surface area contributed by atoms with Gasteiger partial charge in [0, 0.05) is 17.2 Å². The SMILES string of the molecule is Cc1cccc(C)c1N=Cc1ccc2ccccc2c1O.[Cl][Zr][Cl]. The Labute approximate surface area is 160 Å². The number of fused-ring (bicyclic) bond motifs is 1.